The molecule has 0 amide bonds. The van der Waals surface area contributed by atoms with Crippen molar-refractivity contribution in [2.24, 2.45) is 5.92 Å². The molecule has 18 heavy (non-hydrogen) atoms. The molecule has 0 saturated carbocycles. The van der Waals surface area contributed by atoms with Crippen molar-refractivity contribution in [3.05, 3.63) is 29.8 Å². The Morgan fingerprint density at radius 1 is 1.33 bits per heavy atom. The van der Waals surface area contributed by atoms with Crippen molar-refractivity contribution in [3.8, 4) is 5.75 Å². The molecular weight excluding hydrogens is 226 g/mol. The van der Waals surface area contributed by atoms with E-state index in [1.54, 1.807) is 0 Å². The zero-order valence-electron chi connectivity index (χ0n) is 11.6. The van der Waals surface area contributed by atoms with Gasteiger partial charge in [-0.2, -0.15) is 0 Å². The fourth-order valence-electron chi connectivity index (χ4n) is 1.60. The molecule has 0 saturated heterocycles. The van der Waals surface area contributed by atoms with Crippen LogP contribution in [0.1, 0.15) is 25.8 Å². The van der Waals surface area contributed by atoms with Gasteiger partial charge in [-0.25, -0.2) is 0 Å². The number of benzene rings is 1. The van der Waals surface area contributed by atoms with Crippen LogP contribution in [0.5, 0.6) is 5.75 Å². The summed E-state index contributed by atoms with van der Waals surface area (Å²) in [4.78, 5) is 0. The van der Waals surface area contributed by atoms with E-state index < -0.39 is 6.10 Å². The van der Waals surface area contributed by atoms with Crippen LogP contribution in [0, 0.1) is 12.8 Å². The van der Waals surface area contributed by atoms with Crippen molar-refractivity contribution in [3.63, 3.8) is 0 Å². The van der Waals surface area contributed by atoms with Gasteiger partial charge in [-0.05, 0) is 37.1 Å². The van der Waals surface area contributed by atoms with Crippen LogP contribution in [0.15, 0.2) is 24.3 Å². The first-order valence-corrected chi connectivity index (χ1v) is 6.70. The van der Waals surface area contributed by atoms with Gasteiger partial charge in [0.1, 0.15) is 18.5 Å². The van der Waals surface area contributed by atoms with Gasteiger partial charge < -0.3 is 15.2 Å². The zero-order valence-corrected chi connectivity index (χ0v) is 11.6. The molecule has 0 aliphatic rings. The van der Waals surface area contributed by atoms with Crippen LogP contribution in [0.2, 0.25) is 0 Å². The van der Waals surface area contributed by atoms with E-state index in [0.29, 0.717) is 19.1 Å². The molecule has 1 aromatic rings. The lowest BCUT2D eigenvalue weighted by Crippen LogP contribution is -2.33. The van der Waals surface area contributed by atoms with E-state index in [1.807, 2.05) is 31.2 Å². The second kappa shape index (κ2) is 8.11. The Morgan fingerprint density at radius 2 is 2.11 bits per heavy atom. The average molecular weight is 251 g/mol. The van der Waals surface area contributed by atoms with Gasteiger partial charge in [-0.15, -0.1) is 0 Å². The van der Waals surface area contributed by atoms with Gasteiger partial charge in [0.05, 0.1) is 0 Å². The second-order valence-corrected chi connectivity index (χ2v) is 4.95. The number of ether oxygens (including phenoxy) is 1. The monoisotopic (exact) mass is 251 g/mol. The Labute approximate surface area is 110 Å². The van der Waals surface area contributed by atoms with E-state index in [9.17, 15) is 5.11 Å². The lowest BCUT2D eigenvalue weighted by atomic mass is 10.1. The van der Waals surface area contributed by atoms with E-state index in [1.165, 1.54) is 0 Å². The summed E-state index contributed by atoms with van der Waals surface area (Å²) in [5.41, 5.74) is 1.16. The smallest absolute Gasteiger partial charge is 0.119 e. The third-order valence-corrected chi connectivity index (χ3v) is 3.00. The highest BCUT2D eigenvalue weighted by atomic mass is 16.5. The van der Waals surface area contributed by atoms with Gasteiger partial charge in [-0.1, -0.05) is 32.4 Å². The molecule has 3 heteroatoms. The van der Waals surface area contributed by atoms with Crippen LogP contribution in [0.25, 0.3) is 0 Å². The summed E-state index contributed by atoms with van der Waals surface area (Å²) in [5.74, 6) is 1.46. The summed E-state index contributed by atoms with van der Waals surface area (Å²) in [6, 6.07) is 7.86. The topological polar surface area (TPSA) is 41.5 Å². The van der Waals surface area contributed by atoms with E-state index in [0.717, 1.165) is 24.3 Å². The predicted octanol–water partition coefficient (Wildman–Crippen LogP) is 2.37. The molecule has 0 aliphatic carbocycles. The van der Waals surface area contributed by atoms with E-state index in [4.69, 9.17) is 4.74 Å². The van der Waals surface area contributed by atoms with Crippen LogP contribution in [0.4, 0.5) is 0 Å². The van der Waals surface area contributed by atoms with E-state index in [2.05, 4.69) is 19.2 Å². The summed E-state index contributed by atoms with van der Waals surface area (Å²) in [5, 5.41) is 13.0. The molecule has 1 rings (SSSR count). The predicted molar refractivity (Wildman–Crippen MR) is 75.0 cm³/mol. The van der Waals surface area contributed by atoms with Crippen LogP contribution in [-0.2, 0) is 0 Å². The number of hydrogen-bond acceptors (Lipinski definition) is 3. The third kappa shape index (κ3) is 6.03. The Hall–Kier alpha value is -1.06. The summed E-state index contributed by atoms with van der Waals surface area (Å²) in [6.45, 7) is 8.24. The molecule has 0 spiro atoms. The number of aryl methyl sites for hydroxylation is 1. The summed E-state index contributed by atoms with van der Waals surface area (Å²) in [6.07, 6.45) is 0.692. The van der Waals surface area contributed by atoms with Gasteiger partial charge in [0.15, 0.2) is 0 Å². The fraction of sp³-hybridized carbons (Fsp3) is 0.600. The quantitative estimate of drug-likeness (QED) is 0.745. The van der Waals surface area contributed by atoms with Gasteiger partial charge in [0.25, 0.3) is 0 Å². The van der Waals surface area contributed by atoms with Gasteiger partial charge in [0, 0.05) is 6.54 Å². The van der Waals surface area contributed by atoms with Crippen molar-refractivity contribution in [2.75, 3.05) is 19.7 Å². The molecule has 0 radical (unpaired) electrons. The highest BCUT2D eigenvalue weighted by Crippen LogP contribution is 2.12. The highest BCUT2D eigenvalue weighted by Gasteiger charge is 2.06. The summed E-state index contributed by atoms with van der Waals surface area (Å²) < 4.78 is 5.54. The Balaban J connectivity index is 2.19. The molecule has 0 bridgehead atoms. The van der Waals surface area contributed by atoms with Crippen LogP contribution in [0.3, 0.4) is 0 Å². The minimum absolute atomic E-state index is 0.330. The number of aliphatic hydroxyl groups is 1. The molecular formula is C15H25NO2. The summed E-state index contributed by atoms with van der Waals surface area (Å²) >= 11 is 0. The minimum Gasteiger partial charge on any atom is -0.491 e. The number of nitrogens with one attached hydrogen (secondary N) is 1. The molecule has 0 fully saturated rings. The van der Waals surface area contributed by atoms with Crippen LogP contribution >= 0.6 is 0 Å². The minimum atomic E-state index is -0.463. The first-order chi connectivity index (χ1) is 8.61. The van der Waals surface area contributed by atoms with Crippen molar-refractivity contribution in [1.82, 2.24) is 5.32 Å². The normalized spacial score (nSPS) is 14.2. The fourth-order valence-corrected chi connectivity index (χ4v) is 1.60. The van der Waals surface area contributed by atoms with Gasteiger partial charge in [0.2, 0.25) is 0 Å². The molecule has 2 atom stereocenters. The largest absolute Gasteiger partial charge is 0.491 e. The van der Waals surface area contributed by atoms with Crippen molar-refractivity contribution in [1.29, 1.82) is 0 Å². The Kier molecular flexibility index (Phi) is 6.76. The van der Waals surface area contributed by atoms with Crippen LogP contribution in [-0.4, -0.2) is 30.9 Å². The van der Waals surface area contributed by atoms with E-state index in [-0.39, 0.29) is 0 Å². The molecule has 0 aromatic heterocycles. The first-order valence-electron chi connectivity index (χ1n) is 6.70. The van der Waals surface area contributed by atoms with Crippen molar-refractivity contribution < 1.29 is 9.84 Å². The van der Waals surface area contributed by atoms with Crippen molar-refractivity contribution >= 4 is 0 Å². The zero-order chi connectivity index (χ0) is 13.4. The molecule has 1 aromatic carbocycles. The lowest BCUT2D eigenvalue weighted by molar-refractivity contribution is 0.105. The van der Waals surface area contributed by atoms with Crippen LogP contribution < -0.4 is 10.1 Å². The first kappa shape index (κ1) is 15.0. The van der Waals surface area contributed by atoms with Crippen molar-refractivity contribution in [2.45, 2.75) is 33.3 Å². The molecule has 0 heterocycles. The number of rotatable bonds is 8. The third-order valence-electron chi connectivity index (χ3n) is 3.00. The molecule has 102 valence electrons. The Morgan fingerprint density at radius 3 is 2.78 bits per heavy atom. The summed E-state index contributed by atoms with van der Waals surface area (Å²) in [7, 11) is 0. The second-order valence-electron chi connectivity index (χ2n) is 4.95. The Bertz CT molecular complexity index is 341. The van der Waals surface area contributed by atoms with E-state index >= 15 is 0 Å². The lowest BCUT2D eigenvalue weighted by Gasteiger charge is -2.15. The standard InChI is InChI=1S/C15H25NO2/c1-4-12(2)9-16-10-14(17)11-18-15-7-5-6-13(3)8-15/h5-8,12,14,16-17H,4,9-11H2,1-3H3. The number of hydrogen-bond donors (Lipinski definition) is 2. The molecule has 2 N–H and O–H groups in total. The average Bonchev–Trinajstić information content (AvgIpc) is 2.36. The maximum Gasteiger partial charge on any atom is 0.119 e. The highest BCUT2D eigenvalue weighted by molar-refractivity contribution is 5.27. The molecule has 3 nitrogen and oxygen atoms in total. The van der Waals surface area contributed by atoms with Gasteiger partial charge in [-0.3, -0.25) is 0 Å². The maximum atomic E-state index is 9.78. The maximum absolute atomic E-state index is 9.78. The SMILES string of the molecule is CCC(C)CNCC(O)COc1cccc(C)c1. The van der Waals surface area contributed by atoms with Gasteiger partial charge >= 0.3 is 0 Å². The number of aliphatic hydroxyl groups excluding tert-OH is 1. The molecule has 2 unspecified atom stereocenters. The molecule has 0 aliphatic heterocycles.